The summed E-state index contributed by atoms with van der Waals surface area (Å²) in [5, 5.41) is 3.65. The maximum absolute atomic E-state index is 5.80. The van der Waals surface area contributed by atoms with Crippen molar-refractivity contribution in [3.63, 3.8) is 0 Å². The van der Waals surface area contributed by atoms with Gasteiger partial charge in [-0.05, 0) is 43.5 Å². The Morgan fingerprint density at radius 2 is 2.30 bits per heavy atom. The van der Waals surface area contributed by atoms with Crippen molar-refractivity contribution in [2.45, 2.75) is 45.3 Å². The van der Waals surface area contributed by atoms with Crippen molar-refractivity contribution in [1.29, 1.82) is 0 Å². The minimum atomic E-state index is 0.316. The summed E-state index contributed by atoms with van der Waals surface area (Å²) in [5.74, 6) is 1.65. The van der Waals surface area contributed by atoms with E-state index in [1.54, 1.807) is 0 Å². The van der Waals surface area contributed by atoms with Gasteiger partial charge in [-0.15, -0.1) is 0 Å². The maximum atomic E-state index is 5.80. The van der Waals surface area contributed by atoms with E-state index in [1.165, 1.54) is 24.0 Å². The second-order valence-electron chi connectivity index (χ2n) is 6.01. The summed E-state index contributed by atoms with van der Waals surface area (Å²) in [4.78, 5) is 0. The molecule has 0 bridgehead atoms. The van der Waals surface area contributed by atoms with Gasteiger partial charge >= 0.3 is 0 Å². The Hall–Kier alpha value is -1.06. The molecule has 2 heterocycles. The summed E-state index contributed by atoms with van der Waals surface area (Å²) in [6.07, 6.45) is 3.78. The molecule has 1 N–H and O–H groups in total. The molecule has 0 saturated carbocycles. The zero-order chi connectivity index (χ0) is 13.9. The Morgan fingerprint density at radius 1 is 1.40 bits per heavy atom. The summed E-state index contributed by atoms with van der Waals surface area (Å²) in [5.41, 5.74) is 2.74. The number of hydrogen-bond donors (Lipinski definition) is 1. The summed E-state index contributed by atoms with van der Waals surface area (Å²) in [6, 6.07) is 7.10. The molecule has 2 aliphatic heterocycles. The molecule has 3 atom stereocenters. The zero-order valence-electron chi connectivity index (χ0n) is 12.5. The third-order valence-electron chi connectivity index (χ3n) is 4.37. The highest BCUT2D eigenvalue weighted by atomic mass is 16.5. The van der Waals surface area contributed by atoms with E-state index in [4.69, 9.17) is 9.47 Å². The standard InChI is InChI=1S/C17H25NO2/c1-3-18-17(14-5-4-8-19-11-14)13-6-7-16-15(10-13)9-12(2)20-16/h6-7,10,12,14,17-18H,3-5,8-9,11H2,1-2H3. The van der Waals surface area contributed by atoms with Crippen molar-refractivity contribution in [2.75, 3.05) is 19.8 Å². The summed E-state index contributed by atoms with van der Waals surface area (Å²) in [7, 11) is 0. The quantitative estimate of drug-likeness (QED) is 0.916. The lowest BCUT2D eigenvalue weighted by Gasteiger charge is -2.31. The van der Waals surface area contributed by atoms with Crippen molar-refractivity contribution in [2.24, 2.45) is 5.92 Å². The fourth-order valence-electron chi connectivity index (χ4n) is 3.44. The molecule has 2 aliphatic rings. The van der Waals surface area contributed by atoms with Gasteiger partial charge in [0, 0.05) is 25.0 Å². The minimum absolute atomic E-state index is 0.316. The van der Waals surface area contributed by atoms with Crippen LogP contribution in [-0.4, -0.2) is 25.9 Å². The lowest BCUT2D eigenvalue weighted by Crippen LogP contribution is -2.33. The van der Waals surface area contributed by atoms with Crippen LogP contribution >= 0.6 is 0 Å². The smallest absolute Gasteiger partial charge is 0.123 e. The fraction of sp³-hybridized carbons (Fsp3) is 0.647. The molecule has 0 radical (unpaired) electrons. The van der Waals surface area contributed by atoms with Crippen LogP contribution in [0.4, 0.5) is 0 Å². The molecule has 0 spiro atoms. The van der Waals surface area contributed by atoms with Gasteiger partial charge in [0.1, 0.15) is 11.9 Å². The first-order valence-electron chi connectivity index (χ1n) is 7.88. The Kier molecular flexibility index (Phi) is 4.27. The third kappa shape index (κ3) is 2.84. The van der Waals surface area contributed by atoms with E-state index >= 15 is 0 Å². The van der Waals surface area contributed by atoms with Crippen molar-refractivity contribution in [1.82, 2.24) is 5.32 Å². The van der Waals surface area contributed by atoms with E-state index < -0.39 is 0 Å². The molecular weight excluding hydrogens is 250 g/mol. The predicted octanol–water partition coefficient (Wildman–Crippen LogP) is 3.09. The molecule has 1 aromatic carbocycles. The van der Waals surface area contributed by atoms with E-state index in [1.807, 2.05) is 0 Å². The van der Waals surface area contributed by atoms with Gasteiger partial charge in [0.25, 0.3) is 0 Å². The van der Waals surface area contributed by atoms with Crippen molar-refractivity contribution in [3.8, 4) is 5.75 Å². The zero-order valence-corrected chi connectivity index (χ0v) is 12.5. The fourth-order valence-corrected chi connectivity index (χ4v) is 3.44. The van der Waals surface area contributed by atoms with Crippen LogP contribution in [0.2, 0.25) is 0 Å². The third-order valence-corrected chi connectivity index (χ3v) is 4.37. The second kappa shape index (κ2) is 6.15. The van der Waals surface area contributed by atoms with E-state index in [2.05, 4.69) is 37.4 Å². The Bertz CT molecular complexity index is 454. The number of nitrogens with one attached hydrogen (secondary N) is 1. The number of ether oxygens (including phenoxy) is 2. The minimum Gasteiger partial charge on any atom is -0.490 e. The molecule has 20 heavy (non-hydrogen) atoms. The molecule has 1 saturated heterocycles. The molecule has 0 aromatic heterocycles. The normalized spacial score (nSPS) is 26.9. The second-order valence-corrected chi connectivity index (χ2v) is 6.01. The first kappa shape index (κ1) is 13.9. The largest absolute Gasteiger partial charge is 0.490 e. The monoisotopic (exact) mass is 275 g/mol. The average molecular weight is 275 g/mol. The van der Waals surface area contributed by atoms with Crippen molar-refractivity contribution >= 4 is 0 Å². The van der Waals surface area contributed by atoms with Crippen LogP contribution in [-0.2, 0) is 11.2 Å². The van der Waals surface area contributed by atoms with Gasteiger partial charge in [0.2, 0.25) is 0 Å². The molecule has 0 amide bonds. The van der Waals surface area contributed by atoms with Gasteiger partial charge in [-0.2, -0.15) is 0 Å². The summed E-state index contributed by atoms with van der Waals surface area (Å²) < 4.78 is 11.5. The van der Waals surface area contributed by atoms with Gasteiger partial charge in [-0.25, -0.2) is 0 Å². The molecule has 3 heteroatoms. The highest BCUT2D eigenvalue weighted by Gasteiger charge is 2.27. The molecule has 3 rings (SSSR count). The molecule has 0 aliphatic carbocycles. The lowest BCUT2D eigenvalue weighted by atomic mass is 9.87. The SMILES string of the molecule is CCNC(c1ccc2c(c1)CC(C)O2)C1CCCOC1. The van der Waals surface area contributed by atoms with Crippen LogP contribution < -0.4 is 10.1 Å². The van der Waals surface area contributed by atoms with E-state index in [0.29, 0.717) is 18.1 Å². The van der Waals surface area contributed by atoms with Crippen LogP contribution in [0.1, 0.15) is 43.9 Å². The van der Waals surface area contributed by atoms with Gasteiger partial charge in [-0.3, -0.25) is 0 Å². The van der Waals surface area contributed by atoms with E-state index in [-0.39, 0.29) is 0 Å². The molecular formula is C17H25NO2. The molecule has 110 valence electrons. The van der Waals surface area contributed by atoms with Crippen LogP contribution in [0, 0.1) is 5.92 Å². The molecule has 3 unspecified atom stereocenters. The first-order valence-corrected chi connectivity index (χ1v) is 7.88. The molecule has 1 fully saturated rings. The number of benzene rings is 1. The van der Waals surface area contributed by atoms with Gasteiger partial charge in [0.05, 0.1) is 6.61 Å². The highest BCUT2D eigenvalue weighted by Crippen LogP contribution is 2.34. The highest BCUT2D eigenvalue weighted by molar-refractivity contribution is 5.41. The Balaban J connectivity index is 1.82. The summed E-state index contributed by atoms with van der Waals surface area (Å²) in [6.45, 7) is 7.10. The summed E-state index contributed by atoms with van der Waals surface area (Å²) >= 11 is 0. The molecule has 1 aromatic rings. The predicted molar refractivity (Wildman–Crippen MR) is 80.2 cm³/mol. The van der Waals surface area contributed by atoms with Crippen LogP contribution in [0.15, 0.2) is 18.2 Å². The number of hydrogen-bond acceptors (Lipinski definition) is 3. The maximum Gasteiger partial charge on any atom is 0.123 e. The molecule has 3 nitrogen and oxygen atoms in total. The van der Waals surface area contributed by atoms with Crippen LogP contribution in [0.3, 0.4) is 0 Å². The van der Waals surface area contributed by atoms with Gasteiger partial charge in [-0.1, -0.05) is 19.1 Å². The van der Waals surface area contributed by atoms with E-state index in [9.17, 15) is 0 Å². The number of fused-ring (bicyclic) bond motifs is 1. The average Bonchev–Trinajstić information content (AvgIpc) is 2.84. The Morgan fingerprint density at radius 3 is 3.05 bits per heavy atom. The van der Waals surface area contributed by atoms with Crippen LogP contribution in [0.25, 0.3) is 0 Å². The van der Waals surface area contributed by atoms with Crippen molar-refractivity contribution < 1.29 is 9.47 Å². The first-order chi connectivity index (χ1) is 9.78. The topological polar surface area (TPSA) is 30.5 Å². The van der Waals surface area contributed by atoms with E-state index in [0.717, 1.165) is 31.9 Å². The lowest BCUT2D eigenvalue weighted by molar-refractivity contribution is 0.0392. The van der Waals surface area contributed by atoms with Crippen molar-refractivity contribution in [3.05, 3.63) is 29.3 Å². The Labute approximate surface area is 121 Å². The van der Waals surface area contributed by atoms with Gasteiger partial charge < -0.3 is 14.8 Å². The van der Waals surface area contributed by atoms with Crippen LogP contribution in [0.5, 0.6) is 5.75 Å². The van der Waals surface area contributed by atoms with Gasteiger partial charge in [0.15, 0.2) is 0 Å². The number of rotatable bonds is 4.